The van der Waals surface area contributed by atoms with Gasteiger partial charge in [-0.15, -0.1) is 0 Å². The fourth-order valence-electron chi connectivity index (χ4n) is 2.87. The number of benzene rings is 1. The Morgan fingerprint density at radius 3 is 2.43 bits per heavy atom. The molecule has 1 aromatic heterocycles. The maximum Gasteiger partial charge on any atom is 0.253 e. The Morgan fingerprint density at radius 2 is 1.78 bits per heavy atom. The van der Waals surface area contributed by atoms with E-state index >= 15 is 0 Å². The topological polar surface area (TPSA) is 36.4 Å². The number of hydrogen-bond acceptors (Lipinski definition) is 3. The summed E-state index contributed by atoms with van der Waals surface area (Å²) in [7, 11) is 0. The first-order valence-corrected chi connectivity index (χ1v) is 8.20. The molecule has 0 aliphatic carbocycles. The summed E-state index contributed by atoms with van der Waals surface area (Å²) < 4.78 is 0. The highest BCUT2D eigenvalue weighted by Crippen LogP contribution is 2.10. The number of amides is 1. The molecular formula is C19H23N3O. The van der Waals surface area contributed by atoms with Gasteiger partial charge in [-0.05, 0) is 31.2 Å². The lowest BCUT2D eigenvalue weighted by atomic mass is 10.1. The number of pyridine rings is 1. The Kier molecular flexibility index (Phi) is 5.03. The van der Waals surface area contributed by atoms with Gasteiger partial charge in [0, 0.05) is 56.6 Å². The summed E-state index contributed by atoms with van der Waals surface area (Å²) in [6.45, 7) is 6.51. The Hall–Kier alpha value is -2.20. The average molecular weight is 309 g/mol. The highest BCUT2D eigenvalue weighted by molar-refractivity contribution is 5.94. The zero-order chi connectivity index (χ0) is 16.1. The third-order valence-corrected chi connectivity index (χ3v) is 4.37. The molecule has 1 amide bonds. The van der Waals surface area contributed by atoms with Crippen LogP contribution in [-0.4, -0.2) is 53.4 Å². The van der Waals surface area contributed by atoms with Gasteiger partial charge < -0.3 is 4.90 Å². The molecule has 0 N–H and O–H groups in total. The highest BCUT2D eigenvalue weighted by Gasteiger charge is 2.21. The molecule has 1 aromatic carbocycles. The lowest BCUT2D eigenvalue weighted by Gasteiger charge is -2.34. The smallest absolute Gasteiger partial charge is 0.253 e. The van der Waals surface area contributed by atoms with Gasteiger partial charge >= 0.3 is 0 Å². The maximum atomic E-state index is 12.5. The van der Waals surface area contributed by atoms with Gasteiger partial charge in [-0.1, -0.05) is 23.8 Å². The molecule has 1 fully saturated rings. The van der Waals surface area contributed by atoms with Crippen molar-refractivity contribution in [2.45, 2.75) is 13.3 Å². The van der Waals surface area contributed by atoms with E-state index in [1.807, 2.05) is 54.4 Å². The number of nitrogens with zero attached hydrogens (tertiary/aromatic N) is 3. The van der Waals surface area contributed by atoms with Crippen molar-refractivity contribution in [2.75, 3.05) is 32.7 Å². The van der Waals surface area contributed by atoms with E-state index in [0.29, 0.717) is 0 Å². The van der Waals surface area contributed by atoms with E-state index in [2.05, 4.69) is 16.0 Å². The van der Waals surface area contributed by atoms with Gasteiger partial charge in [-0.2, -0.15) is 0 Å². The Balaban J connectivity index is 1.48. The minimum atomic E-state index is 0.148. The summed E-state index contributed by atoms with van der Waals surface area (Å²) in [4.78, 5) is 21.2. The van der Waals surface area contributed by atoms with E-state index < -0.39 is 0 Å². The quantitative estimate of drug-likeness (QED) is 0.870. The fourth-order valence-corrected chi connectivity index (χ4v) is 2.87. The molecule has 4 nitrogen and oxygen atoms in total. The second-order valence-corrected chi connectivity index (χ2v) is 6.07. The van der Waals surface area contributed by atoms with Crippen LogP contribution in [0.4, 0.5) is 0 Å². The highest BCUT2D eigenvalue weighted by atomic mass is 16.2. The third-order valence-electron chi connectivity index (χ3n) is 4.37. The molecule has 4 heteroatoms. The van der Waals surface area contributed by atoms with Crippen LogP contribution in [0.2, 0.25) is 0 Å². The second-order valence-electron chi connectivity index (χ2n) is 6.07. The zero-order valence-corrected chi connectivity index (χ0v) is 13.6. The summed E-state index contributed by atoms with van der Waals surface area (Å²) in [5.41, 5.74) is 3.10. The van der Waals surface area contributed by atoms with Crippen molar-refractivity contribution in [3.63, 3.8) is 0 Å². The van der Waals surface area contributed by atoms with Crippen LogP contribution < -0.4 is 0 Å². The van der Waals surface area contributed by atoms with Crippen molar-refractivity contribution in [1.82, 2.24) is 14.8 Å². The minimum Gasteiger partial charge on any atom is -0.336 e. The van der Waals surface area contributed by atoms with Gasteiger partial charge in [0.15, 0.2) is 0 Å². The van der Waals surface area contributed by atoms with Gasteiger partial charge in [0.1, 0.15) is 0 Å². The summed E-state index contributed by atoms with van der Waals surface area (Å²) in [6, 6.07) is 13.9. The lowest BCUT2D eigenvalue weighted by Crippen LogP contribution is -2.49. The molecule has 1 aliphatic rings. The van der Waals surface area contributed by atoms with Crippen LogP contribution in [0.3, 0.4) is 0 Å². The molecule has 0 bridgehead atoms. The number of piperazine rings is 1. The van der Waals surface area contributed by atoms with Crippen LogP contribution in [0.5, 0.6) is 0 Å². The molecular weight excluding hydrogens is 286 g/mol. The van der Waals surface area contributed by atoms with Gasteiger partial charge in [0.2, 0.25) is 0 Å². The monoisotopic (exact) mass is 309 g/mol. The molecule has 0 atom stereocenters. The van der Waals surface area contributed by atoms with Crippen molar-refractivity contribution in [3.05, 3.63) is 65.5 Å². The molecule has 0 spiro atoms. The number of carbonyl (C=O) groups excluding carboxylic acids is 1. The van der Waals surface area contributed by atoms with Crippen LogP contribution in [-0.2, 0) is 6.42 Å². The van der Waals surface area contributed by atoms with Crippen molar-refractivity contribution in [1.29, 1.82) is 0 Å². The molecule has 120 valence electrons. The maximum absolute atomic E-state index is 12.5. The van der Waals surface area contributed by atoms with Gasteiger partial charge in [-0.3, -0.25) is 14.7 Å². The number of carbonyl (C=O) groups is 1. The Morgan fingerprint density at radius 1 is 1.04 bits per heavy atom. The van der Waals surface area contributed by atoms with Gasteiger partial charge in [-0.25, -0.2) is 0 Å². The van der Waals surface area contributed by atoms with E-state index in [4.69, 9.17) is 0 Å². The van der Waals surface area contributed by atoms with E-state index in [1.165, 1.54) is 5.56 Å². The summed E-state index contributed by atoms with van der Waals surface area (Å²) >= 11 is 0. The van der Waals surface area contributed by atoms with E-state index in [-0.39, 0.29) is 5.91 Å². The Labute approximate surface area is 137 Å². The van der Waals surface area contributed by atoms with Crippen molar-refractivity contribution in [2.24, 2.45) is 0 Å². The fraction of sp³-hybridized carbons (Fsp3) is 0.368. The molecule has 1 aliphatic heterocycles. The minimum absolute atomic E-state index is 0.148. The number of rotatable bonds is 4. The lowest BCUT2D eigenvalue weighted by molar-refractivity contribution is 0.0638. The molecule has 3 rings (SSSR count). The first-order valence-electron chi connectivity index (χ1n) is 8.20. The molecule has 1 saturated heterocycles. The average Bonchev–Trinajstić information content (AvgIpc) is 2.61. The standard InChI is InChI=1S/C19H23N3O/c1-16-5-7-17(8-6-16)19(23)22-14-12-21(13-15-22)11-9-18-4-2-3-10-20-18/h2-8,10H,9,11-15H2,1H3. The first kappa shape index (κ1) is 15.7. The first-order chi connectivity index (χ1) is 11.2. The zero-order valence-electron chi connectivity index (χ0n) is 13.6. The van der Waals surface area contributed by atoms with Gasteiger partial charge in [0.05, 0.1) is 0 Å². The number of aryl methyl sites for hydroxylation is 1. The SMILES string of the molecule is Cc1ccc(C(=O)N2CCN(CCc3ccccn3)CC2)cc1. The van der Waals surface area contributed by atoms with Crippen LogP contribution in [0.15, 0.2) is 48.7 Å². The largest absolute Gasteiger partial charge is 0.336 e. The van der Waals surface area contributed by atoms with E-state index in [9.17, 15) is 4.79 Å². The van der Waals surface area contributed by atoms with Crippen LogP contribution in [0, 0.1) is 6.92 Å². The van der Waals surface area contributed by atoms with E-state index in [0.717, 1.165) is 50.4 Å². The normalized spacial score (nSPS) is 15.6. The van der Waals surface area contributed by atoms with Crippen molar-refractivity contribution in [3.8, 4) is 0 Å². The van der Waals surface area contributed by atoms with Gasteiger partial charge in [0.25, 0.3) is 5.91 Å². The van der Waals surface area contributed by atoms with E-state index in [1.54, 1.807) is 0 Å². The summed E-state index contributed by atoms with van der Waals surface area (Å²) in [5, 5.41) is 0. The number of hydrogen-bond donors (Lipinski definition) is 0. The summed E-state index contributed by atoms with van der Waals surface area (Å²) in [5.74, 6) is 0.148. The third kappa shape index (κ3) is 4.17. The summed E-state index contributed by atoms with van der Waals surface area (Å²) in [6.07, 6.45) is 2.81. The molecule has 2 aromatic rings. The molecule has 23 heavy (non-hydrogen) atoms. The molecule has 2 heterocycles. The Bertz CT molecular complexity index is 631. The molecule has 0 unspecified atom stereocenters. The number of aromatic nitrogens is 1. The molecule has 0 radical (unpaired) electrons. The molecule has 0 saturated carbocycles. The van der Waals surface area contributed by atoms with Crippen molar-refractivity contribution >= 4 is 5.91 Å². The van der Waals surface area contributed by atoms with Crippen molar-refractivity contribution < 1.29 is 4.79 Å². The van der Waals surface area contributed by atoms with Crippen LogP contribution >= 0.6 is 0 Å². The predicted molar refractivity (Wildman–Crippen MR) is 91.5 cm³/mol. The van der Waals surface area contributed by atoms with Crippen LogP contribution in [0.1, 0.15) is 21.6 Å². The van der Waals surface area contributed by atoms with Crippen LogP contribution in [0.25, 0.3) is 0 Å². The second kappa shape index (κ2) is 7.38. The predicted octanol–water partition coefficient (Wildman–Crippen LogP) is 2.39.